The van der Waals surface area contributed by atoms with Gasteiger partial charge >= 0.3 is 23.9 Å². The first kappa shape index (κ1) is 36.2. The van der Waals surface area contributed by atoms with Crippen molar-refractivity contribution in [3.63, 3.8) is 0 Å². The van der Waals surface area contributed by atoms with Crippen molar-refractivity contribution in [2.24, 2.45) is 0 Å². The molecule has 9 N–H and O–H groups in total. The third-order valence-corrected chi connectivity index (χ3v) is 8.04. The van der Waals surface area contributed by atoms with Crippen molar-refractivity contribution in [2.45, 2.75) is 37.1 Å². The molecule has 5 rings (SSSR count). The third kappa shape index (κ3) is 7.86. The van der Waals surface area contributed by atoms with Gasteiger partial charge in [0.2, 0.25) is 12.2 Å². The Hall–Kier alpha value is -7.10. The Kier molecular flexibility index (Phi) is 10.3. The van der Waals surface area contributed by atoms with Crippen LogP contribution in [0.4, 0.5) is 0 Å². The van der Waals surface area contributed by atoms with E-state index in [-0.39, 0.29) is 40.0 Å². The van der Waals surface area contributed by atoms with E-state index >= 15 is 0 Å². The predicted octanol–water partition coefficient (Wildman–Crippen LogP) is 3.33. The molecule has 0 aromatic heterocycles. The lowest BCUT2D eigenvalue weighted by atomic mass is 9.87. The number of carboxylic acids is 2. The van der Waals surface area contributed by atoms with Crippen LogP contribution in [0.1, 0.15) is 39.8 Å². The molecule has 0 aliphatic carbocycles. The van der Waals surface area contributed by atoms with Crippen LogP contribution in [0.2, 0.25) is 0 Å². The van der Waals surface area contributed by atoms with Crippen LogP contribution in [0.3, 0.4) is 0 Å². The summed E-state index contributed by atoms with van der Waals surface area (Å²) in [7, 11) is 0. The van der Waals surface area contributed by atoms with Gasteiger partial charge in [-0.1, -0.05) is 24.3 Å². The van der Waals surface area contributed by atoms with E-state index in [0.29, 0.717) is 0 Å². The summed E-state index contributed by atoms with van der Waals surface area (Å²) >= 11 is 0. The minimum absolute atomic E-state index is 0.0443. The van der Waals surface area contributed by atoms with E-state index in [1.54, 1.807) is 0 Å². The van der Waals surface area contributed by atoms with Crippen molar-refractivity contribution in [1.29, 1.82) is 0 Å². The van der Waals surface area contributed by atoms with Crippen LogP contribution in [-0.4, -0.2) is 82.0 Å². The maximum Gasteiger partial charge on any atom is 0.345 e. The van der Waals surface area contributed by atoms with Crippen molar-refractivity contribution in [1.82, 2.24) is 0 Å². The second-order valence-electron chi connectivity index (χ2n) is 11.6. The minimum Gasteiger partial charge on any atom is -0.504 e. The summed E-state index contributed by atoms with van der Waals surface area (Å²) in [5, 5.41) is 89.1. The van der Waals surface area contributed by atoms with Gasteiger partial charge in [0.1, 0.15) is 12.0 Å². The Bertz CT molecular complexity index is 2090. The zero-order valence-electron chi connectivity index (χ0n) is 26.6. The van der Waals surface area contributed by atoms with Gasteiger partial charge < -0.3 is 60.2 Å². The fourth-order valence-corrected chi connectivity index (χ4v) is 5.49. The first-order valence-corrected chi connectivity index (χ1v) is 15.2. The van der Waals surface area contributed by atoms with E-state index in [9.17, 15) is 65.1 Å². The molecule has 0 saturated heterocycles. The average molecular weight is 719 g/mol. The Morgan fingerprint density at radius 1 is 0.635 bits per heavy atom. The highest BCUT2D eigenvalue weighted by molar-refractivity contribution is 5.92. The van der Waals surface area contributed by atoms with Gasteiger partial charge in [-0.3, -0.25) is 4.79 Å². The van der Waals surface area contributed by atoms with E-state index in [4.69, 9.17) is 14.2 Å². The zero-order valence-corrected chi connectivity index (χ0v) is 26.6. The summed E-state index contributed by atoms with van der Waals surface area (Å²) in [6.07, 6.45) is -3.85. The number of carbonyl (C=O) groups is 4. The van der Waals surface area contributed by atoms with Crippen LogP contribution in [0.5, 0.6) is 46.0 Å². The number of benzene rings is 4. The van der Waals surface area contributed by atoms with Crippen LogP contribution >= 0.6 is 0 Å². The fourth-order valence-electron chi connectivity index (χ4n) is 5.49. The third-order valence-electron chi connectivity index (χ3n) is 8.04. The molecule has 0 amide bonds. The summed E-state index contributed by atoms with van der Waals surface area (Å²) in [5.74, 6) is -10.8. The molecule has 270 valence electrons. The highest BCUT2D eigenvalue weighted by atomic mass is 16.6. The first-order chi connectivity index (χ1) is 24.6. The van der Waals surface area contributed by atoms with Gasteiger partial charge in [0.25, 0.3) is 0 Å². The van der Waals surface area contributed by atoms with Gasteiger partial charge in [0.15, 0.2) is 46.0 Å². The minimum atomic E-state index is -1.84. The lowest BCUT2D eigenvalue weighted by Gasteiger charge is -2.22. The molecule has 4 aromatic rings. The molecule has 0 unspecified atom stereocenters. The smallest absolute Gasteiger partial charge is 0.345 e. The van der Waals surface area contributed by atoms with Crippen LogP contribution < -0.4 is 4.74 Å². The number of phenolic OH excluding ortho intramolecular Hbond substituents is 7. The molecule has 1 heterocycles. The second kappa shape index (κ2) is 14.8. The molecule has 1 aliphatic rings. The molecule has 0 saturated carbocycles. The summed E-state index contributed by atoms with van der Waals surface area (Å²) in [6, 6.07) is 13.0. The van der Waals surface area contributed by atoms with Gasteiger partial charge in [-0.25, -0.2) is 14.4 Å². The monoisotopic (exact) mass is 718 g/mol. The topological polar surface area (TPSA) is 278 Å². The highest BCUT2D eigenvalue weighted by Gasteiger charge is 2.46. The van der Waals surface area contributed by atoms with E-state index in [1.165, 1.54) is 24.3 Å². The van der Waals surface area contributed by atoms with Gasteiger partial charge in [0.05, 0.1) is 0 Å². The summed E-state index contributed by atoms with van der Waals surface area (Å²) in [6.45, 7) is 0. The van der Waals surface area contributed by atoms with E-state index in [1.807, 2.05) is 0 Å². The maximum atomic E-state index is 13.9. The average Bonchev–Trinajstić information content (AvgIpc) is 3.50. The van der Waals surface area contributed by atoms with Crippen LogP contribution in [0.25, 0.3) is 6.08 Å². The van der Waals surface area contributed by atoms with Gasteiger partial charge in [0, 0.05) is 24.5 Å². The van der Waals surface area contributed by atoms with Crippen LogP contribution in [-0.2, 0) is 41.5 Å². The molecule has 0 fully saturated rings. The SMILES string of the molecule is O=C(/C=C/c1ccc(O)c2c1[C@@H](C(=O)O[C@@H](Cc1ccc(O)c(O)c1)C(=O)O)[C@H](c1ccc(O)c(O)c1)O2)O[C@H](Cc1ccc(O)c(O)c1)C(=O)O. The molecule has 1 aliphatic heterocycles. The Labute approximate surface area is 292 Å². The van der Waals surface area contributed by atoms with Crippen molar-refractivity contribution in [3.05, 3.63) is 101 Å². The second-order valence-corrected chi connectivity index (χ2v) is 11.6. The number of aliphatic carboxylic acids is 2. The number of esters is 2. The van der Waals surface area contributed by atoms with Crippen LogP contribution in [0.15, 0.2) is 72.8 Å². The number of carbonyl (C=O) groups excluding carboxylic acids is 2. The molecule has 4 atom stereocenters. The number of hydrogen-bond donors (Lipinski definition) is 9. The van der Waals surface area contributed by atoms with Gasteiger partial charge in [-0.05, 0) is 70.8 Å². The predicted molar refractivity (Wildman–Crippen MR) is 175 cm³/mol. The first-order valence-electron chi connectivity index (χ1n) is 15.2. The van der Waals surface area contributed by atoms with Crippen molar-refractivity contribution >= 4 is 30.0 Å². The Morgan fingerprint density at radius 3 is 1.65 bits per heavy atom. The number of rotatable bonds is 12. The molecule has 16 nitrogen and oxygen atoms in total. The van der Waals surface area contributed by atoms with Crippen molar-refractivity contribution < 1.29 is 79.3 Å². The highest BCUT2D eigenvalue weighted by Crippen LogP contribution is 2.53. The van der Waals surface area contributed by atoms with E-state index in [2.05, 4.69) is 0 Å². The van der Waals surface area contributed by atoms with E-state index < -0.39 is 94.8 Å². The molecule has 0 radical (unpaired) electrons. The van der Waals surface area contributed by atoms with E-state index in [0.717, 1.165) is 54.6 Å². The maximum absolute atomic E-state index is 13.9. The lowest BCUT2D eigenvalue weighted by molar-refractivity contribution is -0.166. The molecule has 0 spiro atoms. The number of phenols is 7. The number of fused-ring (bicyclic) bond motifs is 1. The molecule has 0 bridgehead atoms. The van der Waals surface area contributed by atoms with Crippen molar-refractivity contribution in [3.8, 4) is 46.0 Å². The summed E-state index contributed by atoms with van der Waals surface area (Å²) in [4.78, 5) is 50.9. The lowest BCUT2D eigenvalue weighted by Crippen LogP contribution is -2.33. The normalized spacial score (nSPS) is 16.0. The Morgan fingerprint density at radius 2 is 1.13 bits per heavy atom. The quantitative estimate of drug-likeness (QED) is 0.0577. The molecular formula is C36H30O16. The standard InChI is InChI=1S/C36H30O16/c37-20-6-1-16(11-24(20)41)13-27(34(45)46)50-29(44)10-5-18-3-9-23(40)33-30(18)31(32(52-33)19-4-8-22(39)26(43)15-19)36(49)51-28(35(47)48)14-17-2-7-21(38)25(42)12-17/h1-12,15,27-28,31-32,37-43H,13-14H2,(H,45,46)(H,47,48)/b10-5+/t27-,28+,31-,32+/m1/s1. The summed E-state index contributed by atoms with van der Waals surface area (Å²) < 4.78 is 16.5. The molecule has 4 aromatic carbocycles. The van der Waals surface area contributed by atoms with Gasteiger partial charge in [-0.2, -0.15) is 0 Å². The number of hydrogen-bond acceptors (Lipinski definition) is 14. The Balaban J connectivity index is 1.47. The molecule has 16 heteroatoms. The fraction of sp³-hybridized carbons (Fsp3) is 0.167. The largest absolute Gasteiger partial charge is 0.504 e. The molecular weight excluding hydrogens is 688 g/mol. The zero-order chi connectivity index (χ0) is 37.9. The molecule has 52 heavy (non-hydrogen) atoms. The number of carboxylic acid groups (broad SMARTS) is 2. The van der Waals surface area contributed by atoms with Crippen LogP contribution in [0, 0.1) is 0 Å². The summed E-state index contributed by atoms with van der Waals surface area (Å²) in [5.41, 5.74) is 0.445. The number of ether oxygens (including phenoxy) is 3. The number of aromatic hydroxyl groups is 7. The van der Waals surface area contributed by atoms with Gasteiger partial charge in [-0.15, -0.1) is 0 Å². The van der Waals surface area contributed by atoms with Crippen molar-refractivity contribution in [2.75, 3.05) is 0 Å².